The molecule has 0 aliphatic rings. The highest BCUT2D eigenvalue weighted by molar-refractivity contribution is 7.99. The van der Waals surface area contributed by atoms with Crippen molar-refractivity contribution in [3.05, 3.63) is 54.0 Å². The maximum atomic E-state index is 12.2. The van der Waals surface area contributed by atoms with Crippen molar-refractivity contribution in [1.82, 2.24) is 20.2 Å². The first-order valence-electron chi connectivity index (χ1n) is 8.49. The van der Waals surface area contributed by atoms with Crippen molar-refractivity contribution in [2.24, 2.45) is 0 Å². The summed E-state index contributed by atoms with van der Waals surface area (Å²) in [6.07, 6.45) is 1.70. The van der Waals surface area contributed by atoms with Gasteiger partial charge in [-0.3, -0.25) is 9.78 Å². The summed E-state index contributed by atoms with van der Waals surface area (Å²) >= 11 is 2.51. The molecule has 0 unspecified atom stereocenters. The highest BCUT2D eigenvalue weighted by Gasteiger charge is 2.13. The lowest BCUT2D eigenvalue weighted by atomic mass is 10.2. The lowest BCUT2D eigenvalue weighted by molar-refractivity contribution is -0.113. The van der Waals surface area contributed by atoms with Crippen LogP contribution in [-0.4, -0.2) is 38.9 Å². The number of aromatic nitrogens is 4. The van der Waals surface area contributed by atoms with Crippen molar-refractivity contribution >= 4 is 34.1 Å². The fraction of sp³-hybridized carbons (Fsp3) is 0.105. The summed E-state index contributed by atoms with van der Waals surface area (Å²) in [4.78, 5) is 20.8. The van der Waals surface area contributed by atoms with Gasteiger partial charge in [-0.25, -0.2) is 4.98 Å². The topological polar surface area (TPSA) is 103 Å². The Hall–Kier alpha value is -3.24. The van der Waals surface area contributed by atoms with Gasteiger partial charge in [0.15, 0.2) is 5.13 Å². The van der Waals surface area contributed by atoms with Crippen LogP contribution in [0.1, 0.15) is 0 Å². The van der Waals surface area contributed by atoms with E-state index >= 15 is 0 Å². The normalized spacial score (nSPS) is 10.7. The standard InChI is InChI=1S/C19H15N5O3S2/c1-26-13-7-5-12(6-8-13)17-23-24-19(27-17)29-11-16(25)22-18-21-15(10-28-18)14-4-2-3-9-20-14/h2-10H,11H2,1H3,(H,21,22,25). The first-order valence-corrected chi connectivity index (χ1v) is 10.4. The molecule has 4 rings (SSSR count). The van der Waals surface area contributed by atoms with Crippen molar-refractivity contribution in [2.75, 3.05) is 18.2 Å². The van der Waals surface area contributed by atoms with Crippen molar-refractivity contribution < 1.29 is 13.9 Å². The highest BCUT2D eigenvalue weighted by atomic mass is 32.2. The Morgan fingerprint density at radius 3 is 2.79 bits per heavy atom. The molecule has 3 heterocycles. The molecule has 4 aromatic rings. The molecule has 3 aromatic heterocycles. The Kier molecular flexibility index (Phi) is 5.82. The molecule has 0 saturated heterocycles. The van der Waals surface area contributed by atoms with Crippen LogP contribution in [0.25, 0.3) is 22.8 Å². The lowest BCUT2D eigenvalue weighted by Crippen LogP contribution is -2.13. The number of methoxy groups -OCH3 is 1. The van der Waals surface area contributed by atoms with Gasteiger partial charge in [-0.05, 0) is 36.4 Å². The summed E-state index contributed by atoms with van der Waals surface area (Å²) in [6, 6.07) is 12.9. The van der Waals surface area contributed by atoms with E-state index in [1.54, 1.807) is 13.3 Å². The second-order valence-corrected chi connectivity index (χ2v) is 7.48. The highest BCUT2D eigenvalue weighted by Crippen LogP contribution is 2.26. The number of ether oxygens (including phenoxy) is 1. The number of amides is 1. The fourth-order valence-electron chi connectivity index (χ4n) is 2.36. The number of nitrogens with one attached hydrogen (secondary N) is 1. The predicted molar refractivity (Wildman–Crippen MR) is 111 cm³/mol. The molecule has 29 heavy (non-hydrogen) atoms. The molecular formula is C19H15N5O3S2. The van der Waals surface area contributed by atoms with Crippen molar-refractivity contribution in [3.8, 4) is 28.6 Å². The summed E-state index contributed by atoms with van der Waals surface area (Å²) in [6.45, 7) is 0. The number of carbonyl (C=O) groups excluding carboxylic acids is 1. The van der Waals surface area contributed by atoms with Crippen LogP contribution in [0.5, 0.6) is 5.75 Å². The van der Waals surface area contributed by atoms with Crippen LogP contribution in [0.3, 0.4) is 0 Å². The van der Waals surface area contributed by atoms with Gasteiger partial charge in [0.05, 0.1) is 18.6 Å². The zero-order chi connectivity index (χ0) is 20.1. The number of carbonyl (C=O) groups is 1. The maximum absolute atomic E-state index is 12.2. The zero-order valence-electron chi connectivity index (χ0n) is 15.2. The molecule has 0 bridgehead atoms. The number of rotatable bonds is 7. The molecule has 0 aliphatic heterocycles. The van der Waals surface area contributed by atoms with Gasteiger partial charge in [-0.15, -0.1) is 21.5 Å². The second-order valence-electron chi connectivity index (χ2n) is 5.69. The minimum Gasteiger partial charge on any atom is -0.497 e. The van der Waals surface area contributed by atoms with Crippen molar-refractivity contribution in [3.63, 3.8) is 0 Å². The minimum atomic E-state index is -0.207. The van der Waals surface area contributed by atoms with E-state index in [9.17, 15) is 4.79 Å². The van der Waals surface area contributed by atoms with Gasteiger partial charge in [0.2, 0.25) is 11.8 Å². The smallest absolute Gasteiger partial charge is 0.277 e. The zero-order valence-corrected chi connectivity index (χ0v) is 16.9. The number of pyridine rings is 1. The minimum absolute atomic E-state index is 0.128. The van der Waals surface area contributed by atoms with Gasteiger partial charge in [-0.2, -0.15) is 0 Å². The van der Waals surface area contributed by atoms with Gasteiger partial charge in [0, 0.05) is 17.1 Å². The number of anilines is 1. The molecule has 0 radical (unpaired) electrons. The number of hydrogen-bond donors (Lipinski definition) is 1. The average Bonchev–Trinajstić information content (AvgIpc) is 3.43. The van der Waals surface area contributed by atoms with Gasteiger partial charge in [-0.1, -0.05) is 17.8 Å². The molecule has 0 saturated carbocycles. The molecule has 1 amide bonds. The summed E-state index contributed by atoms with van der Waals surface area (Å²) < 4.78 is 10.7. The van der Waals surface area contributed by atoms with Crippen molar-refractivity contribution in [1.29, 1.82) is 0 Å². The number of hydrogen-bond acceptors (Lipinski definition) is 9. The molecule has 146 valence electrons. The number of benzene rings is 1. The van der Waals surface area contributed by atoms with Crippen LogP contribution < -0.4 is 10.1 Å². The van der Waals surface area contributed by atoms with E-state index in [0.717, 1.165) is 34.5 Å². The third kappa shape index (κ3) is 4.79. The van der Waals surface area contributed by atoms with E-state index in [1.165, 1.54) is 11.3 Å². The van der Waals surface area contributed by atoms with Crippen LogP contribution in [0.2, 0.25) is 0 Å². The second kappa shape index (κ2) is 8.84. The van der Waals surface area contributed by atoms with Gasteiger partial charge in [0.25, 0.3) is 5.22 Å². The summed E-state index contributed by atoms with van der Waals surface area (Å²) in [5.41, 5.74) is 2.26. The molecule has 0 atom stereocenters. The Balaban J connectivity index is 1.32. The number of thioether (sulfide) groups is 1. The van der Waals surface area contributed by atoms with Crippen LogP contribution >= 0.6 is 23.1 Å². The maximum Gasteiger partial charge on any atom is 0.277 e. The molecule has 0 spiro atoms. The van der Waals surface area contributed by atoms with Crippen molar-refractivity contribution in [2.45, 2.75) is 5.22 Å². The Bertz CT molecular complexity index is 1100. The summed E-state index contributed by atoms with van der Waals surface area (Å²) in [7, 11) is 1.60. The molecular weight excluding hydrogens is 410 g/mol. The predicted octanol–water partition coefficient (Wildman–Crippen LogP) is 3.99. The molecule has 0 aliphatic carbocycles. The SMILES string of the molecule is COc1ccc(-c2nnc(SCC(=O)Nc3nc(-c4ccccn4)cs3)o2)cc1. The largest absolute Gasteiger partial charge is 0.497 e. The summed E-state index contributed by atoms with van der Waals surface area (Å²) in [5, 5.41) is 13.4. The van der Waals surface area contributed by atoms with Crippen LogP contribution in [0.15, 0.2) is 63.7 Å². The van der Waals surface area contributed by atoms with Gasteiger partial charge in [0.1, 0.15) is 11.4 Å². The number of thiazole rings is 1. The third-order valence-corrected chi connectivity index (χ3v) is 5.32. The molecule has 8 nitrogen and oxygen atoms in total. The first kappa shape index (κ1) is 19.1. The molecule has 1 aromatic carbocycles. The fourth-order valence-corrected chi connectivity index (χ4v) is 3.65. The summed E-state index contributed by atoms with van der Waals surface area (Å²) in [5.74, 6) is 1.05. The van der Waals surface area contributed by atoms with E-state index in [2.05, 4.69) is 25.5 Å². The Morgan fingerprint density at radius 1 is 1.17 bits per heavy atom. The quantitative estimate of drug-likeness (QED) is 0.443. The Labute approximate surface area is 174 Å². The van der Waals surface area contributed by atoms with E-state index < -0.39 is 0 Å². The van der Waals surface area contributed by atoms with E-state index in [0.29, 0.717) is 16.2 Å². The van der Waals surface area contributed by atoms with E-state index in [4.69, 9.17) is 9.15 Å². The van der Waals surface area contributed by atoms with Crippen LogP contribution in [0.4, 0.5) is 5.13 Å². The molecule has 1 N–H and O–H groups in total. The van der Waals surface area contributed by atoms with Crippen LogP contribution in [-0.2, 0) is 4.79 Å². The molecule has 0 fully saturated rings. The lowest BCUT2D eigenvalue weighted by Gasteiger charge is -2.00. The van der Waals surface area contributed by atoms with Crippen LogP contribution in [0, 0.1) is 0 Å². The van der Waals surface area contributed by atoms with E-state index in [-0.39, 0.29) is 11.7 Å². The Morgan fingerprint density at radius 2 is 2.03 bits per heavy atom. The first-order chi connectivity index (χ1) is 14.2. The van der Waals surface area contributed by atoms with Gasteiger partial charge < -0.3 is 14.5 Å². The molecule has 10 heteroatoms. The van der Waals surface area contributed by atoms with Gasteiger partial charge >= 0.3 is 0 Å². The average molecular weight is 425 g/mol. The monoisotopic (exact) mass is 425 g/mol. The van der Waals surface area contributed by atoms with E-state index in [1.807, 2.05) is 47.8 Å². The third-order valence-electron chi connectivity index (χ3n) is 3.75. The number of nitrogens with zero attached hydrogens (tertiary/aromatic N) is 4.